The maximum atomic E-state index is 10.5. The molecule has 18 heavy (non-hydrogen) atoms. The largest absolute Gasteiger partial charge is 0.235 e. The minimum Gasteiger partial charge on any atom is -0.211 e. The predicted octanol–water partition coefficient (Wildman–Crippen LogP) is 1.90. The number of rotatable bonds is 3. The van der Waals surface area contributed by atoms with Gasteiger partial charge in [0.15, 0.2) is 0 Å². The summed E-state index contributed by atoms with van der Waals surface area (Å²) in [6, 6.07) is 7.83. The van der Waals surface area contributed by atoms with Crippen LogP contribution in [0.4, 0.5) is 0 Å². The molecule has 5 heteroatoms. The molecule has 1 aromatic heterocycles. The smallest absolute Gasteiger partial charge is 0.211 e. The zero-order valence-corrected chi connectivity index (χ0v) is 10.00. The van der Waals surface area contributed by atoms with Crippen LogP contribution in [0.2, 0.25) is 0 Å². The summed E-state index contributed by atoms with van der Waals surface area (Å²) in [6.07, 6.45) is 5.18. The standard InChI is InChI=1S/C13H12N4O/c1-10-8-15-17(16-10)12-4-2-3-11(7-12)13(5-6-13)14-9-18/h2-4,7-8H,5-6H2,1H3. The molecule has 0 aliphatic heterocycles. The summed E-state index contributed by atoms with van der Waals surface area (Å²) >= 11 is 0. The molecule has 5 nitrogen and oxygen atoms in total. The molecule has 1 aliphatic rings. The fraction of sp³-hybridized carbons (Fsp3) is 0.308. The van der Waals surface area contributed by atoms with E-state index < -0.39 is 0 Å². The predicted molar refractivity (Wildman–Crippen MR) is 65.1 cm³/mol. The van der Waals surface area contributed by atoms with Gasteiger partial charge in [0.05, 0.1) is 23.1 Å². The Kier molecular flexibility index (Phi) is 2.35. The molecule has 1 saturated carbocycles. The van der Waals surface area contributed by atoms with Crippen molar-refractivity contribution in [2.45, 2.75) is 25.3 Å². The van der Waals surface area contributed by atoms with Crippen LogP contribution in [-0.2, 0) is 10.3 Å². The van der Waals surface area contributed by atoms with Crippen LogP contribution in [0.3, 0.4) is 0 Å². The molecule has 1 heterocycles. The molecule has 1 aromatic carbocycles. The maximum absolute atomic E-state index is 10.5. The highest BCUT2D eigenvalue weighted by atomic mass is 16.1. The second kappa shape index (κ2) is 3.89. The summed E-state index contributed by atoms with van der Waals surface area (Å²) in [6.45, 7) is 1.90. The lowest BCUT2D eigenvalue weighted by molar-refractivity contribution is 0.556. The van der Waals surface area contributed by atoms with Gasteiger partial charge < -0.3 is 0 Å². The molecule has 1 fully saturated rings. The van der Waals surface area contributed by atoms with Crippen LogP contribution in [0.15, 0.2) is 35.5 Å². The Morgan fingerprint density at radius 2 is 2.28 bits per heavy atom. The summed E-state index contributed by atoms with van der Waals surface area (Å²) in [4.78, 5) is 16.0. The van der Waals surface area contributed by atoms with Crippen LogP contribution >= 0.6 is 0 Å². The maximum Gasteiger partial charge on any atom is 0.235 e. The van der Waals surface area contributed by atoms with Gasteiger partial charge in [-0.3, -0.25) is 0 Å². The van der Waals surface area contributed by atoms with Crippen LogP contribution < -0.4 is 0 Å². The van der Waals surface area contributed by atoms with E-state index in [1.165, 1.54) is 0 Å². The van der Waals surface area contributed by atoms with Crippen molar-refractivity contribution < 1.29 is 4.79 Å². The van der Waals surface area contributed by atoms with E-state index in [1.54, 1.807) is 17.1 Å². The summed E-state index contributed by atoms with van der Waals surface area (Å²) < 4.78 is 0. The Labute approximate surface area is 104 Å². The monoisotopic (exact) mass is 240 g/mol. The Balaban J connectivity index is 2.02. The van der Waals surface area contributed by atoms with E-state index in [9.17, 15) is 4.79 Å². The number of nitrogens with zero attached hydrogens (tertiary/aromatic N) is 4. The molecule has 0 N–H and O–H groups in total. The van der Waals surface area contributed by atoms with Crippen molar-refractivity contribution in [3.05, 3.63) is 41.7 Å². The van der Waals surface area contributed by atoms with E-state index in [0.717, 1.165) is 29.8 Å². The minimum absolute atomic E-state index is 0.347. The van der Waals surface area contributed by atoms with E-state index in [-0.39, 0.29) is 5.54 Å². The van der Waals surface area contributed by atoms with Gasteiger partial charge in [-0.1, -0.05) is 12.1 Å². The van der Waals surface area contributed by atoms with E-state index in [2.05, 4.69) is 15.2 Å². The Morgan fingerprint density at radius 3 is 2.89 bits per heavy atom. The van der Waals surface area contributed by atoms with Crippen molar-refractivity contribution in [1.82, 2.24) is 15.0 Å². The molecule has 2 aromatic rings. The lowest BCUT2D eigenvalue weighted by Gasteiger charge is -2.09. The third-order valence-electron chi connectivity index (χ3n) is 3.20. The first-order valence-electron chi connectivity index (χ1n) is 5.82. The van der Waals surface area contributed by atoms with Gasteiger partial charge in [-0.05, 0) is 37.5 Å². The number of hydrogen-bond donors (Lipinski definition) is 0. The van der Waals surface area contributed by atoms with Crippen LogP contribution in [0, 0.1) is 6.92 Å². The van der Waals surface area contributed by atoms with E-state index >= 15 is 0 Å². The van der Waals surface area contributed by atoms with Gasteiger partial charge in [-0.2, -0.15) is 20.0 Å². The van der Waals surface area contributed by atoms with Crippen LogP contribution in [0.5, 0.6) is 0 Å². The molecule has 0 saturated heterocycles. The SMILES string of the molecule is Cc1cnn(-c2cccc(C3(N=C=O)CC3)c2)n1. The minimum atomic E-state index is -0.347. The molecule has 0 amide bonds. The second-order valence-corrected chi connectivity index (χ2v) is 4.56. The van der Waals surface area contributed by atoms with Crippen molar-refractivity contribution in [3.8, 4) is 5.69 Å². The Morgan fingerprint density at radius 1 is 1.44 bits per heavy atom. The van der Waals surface area contributed by atoms with Gasteiger partial charge >= 0.3 is 0 Å². The van der Waals surface area contributed by atoms with Crippen molar-refractivity contribution in [3.63, 3.8) is 0 Å². The first kappa shape index (κ1) is 10.9. The topological polar surface area (TPSA) is 60.1 Å². The number of hydrogen-bond acceptors (Lipinski definition) is 4. The van der Waals surface area contributed by atoms with Gasteiger partial charge in [-0.15, -0.1) is 0 Å². The van der Waals surface area contributed by atoms with Gasteiger partial charge in [0, 0.05) is 0 Å². The molecule has 0 bridgehead atoms. The van der Waals surface area contributed by atoms with E-state index in [4.69, 9.17) is 0 Å². The number of aromatic nitrogens is 3. The summed E-state index contributed by atoms with van der Waals surface area (Å²) in [5.41, 5.74) is 2.43. The molecule has 90 valence electrons. The molecule has 0 unspecified atom stereocenters. The van der Waals surface area contributed by atoms with Gasteiger partial charge in [-0.25, -0.2) is 4.79 Å². The van der Waals surface area contributed by atoms with Crippen molar-refractivity contribution >= 4 is 6.08 Å². The highest BCUT2D eigenvalue weighted by molar-refractivity contribution is 5.44. The lowest BCUT2D eigenvalue weighted by atomic mass is 10.1. The zero-order chi connectivity index (χ0) is 12.6. The van der Waals surface area contributed by atoms with Crippen molar-refractivity contribution in [1.29, 1.82) is 0 Å². The third kappa shape index (κ3) is 1.75. The first-order chi connectivity index (χ1) is 8.73. The van der Waals surface area contributed by atoms with Crippen molar-refractivity contribution in [2.24, 2.45) is 4.99 Å². The second-order valence-electron chi connectivity index (χ2n) is 4.56. The van der Waals surface area contributed by atoms with Crippen LogP contribution in [0.1, 0.15) is 24.1 Å². The summed E-state index contributed by atoms with van der Waals surface area (Å²) in [7, 11) is 0. The van der Waals surface area contributed by atoms with E-state index in [0.29, 0.717) is 0 Å². The normalized spacial score (nSPS) is 16.1. The number of aryl methyl sites for hydroxylation is 1. The fourth-order valence-corrected chi connectivity index (χ4v) is 2.05. The molecule has 0 spiro atoms. The fourth-order valence-electron chi connectivity index (χ4n) is 2.05. The van der Waals surface area contributed by atoms with Crippen LogP contribution in [0.25, 0.3) is 5.69 Å². The number of carbonyl (C=O) groups excluding carboxylic acids is 1. The number of aliphatic imine (C=N–C) groups is 1. The zero-order valence-electron chi connectivity index (χ0n) is 10.00. The Bertz CT molecular complexity index is 636. The first-order valence-corrected chi connectivity index (χ1v) is 5.82. The molecule has 0 atom stereocenters. The third-order valence-corrected chi connectivity index (χ3v) is 3.20. The average Bonchev–Trinajstić information content (AvgIpc) is 3.04. The lowest BCUT2D eigenvalue weighted by Crippen LogP contribution is -2.05. The van der Waals surface area contributed by atoms with Gasteiger partial charge in [0.2, 0.25) is 6.08 Å². The average molecular weight is 240 g/mol. The number of isocyanates is 1. The quantitative estimate of drug-likeness (QED) is 0.608. The highest BCUT2D eigenvalue weighted by Crippen LogP contribution is 2.49. The molecule has 0 radical (unpaired) electrons. The summed E-state index contributed by atoms with van der Waals surface area (Å²) in [5, 5.41) is 8.44. The van der Waals surface area contributed by atoms with Crippen molar-refractivity contribution in [2.75, 3.05) is 0 Å². The Hall–Kier alpha value is -2.26. The highest BCUT2D eigenvalue weighted by Gasteiger charge is 2.44. The summed E-state index contributed by atoms with van der Waals surface area (Å²) in [5.74, 6) is 0. The molecular weight excluding hydrogens is 228 g/mol. The molecule has 1 aliphatic carbocycles. The van der Waals surface area contributed by atoms with E-state index in [1.807, 2.05) is 31.2 Å². The molecular formula is C13H12N4O. The molecule has 3 rings (SSSR count). The van der Waals surface area contributed by atoms with Crippen LogP contribution in [-0.4, -0.2) is 21.1 Å². The van der Waals surface area contributed by atoms with Gasteiger partial charge in [0.25, 0.3) is 0 Å². The number of benzene rings is 1. The van der Waals surface area contributed by atoms with Gasteiger partial charge in [0.1, 0.15) is 0 Å².